The molecule has 0 aliphatic carbocycles. The number of nitrogens with one attached hydrogen (secondary N) is 1. The van der Waals surface area contributed by atoms with Crippen LogP contribution in [0.15, 0.2) is 36.4 Å². The minimum atomic E-state index is -2.96. The number of carbonyl (C=O) groups excluding carboxylic acids is 1. The van der Waals surface area contributed by atoms with Crippen LogP contribution in [-0.4, -0.2) is 19.1 Å². The number of ether oxygens (including phenoxy) is 2. The van der Waals surface area contributed by atoms with Gasteiger partial charge in [0.25, 0.3) is 5.91 Å². The summed E-state index contributed by atoms with van der Waals surface area (Å²) in [6.07, 6.45) is 0. The van der Waals surface area contributed by atoms with Crippen molar-refractivity contribution in [3.05, 3.63) is 52.5 Å². The van der Waals surface area contributed by atoms with Crippen LogP contribution in [0.4, 0.5) is 14.5 Å². The van der Waals surface area contributed by atoms with E-state index in [0.717, 1.165) is 11.1 Å². The van der Waals surface area contributed by atoms with Crippen molar-refractivity contribution in [2.24, 2.45) is 0 Å². The van der Waals surface area contributed by atoms with E-state index >= 15 is 0 Å². The second-order valence-electron chi connectivity index (χ2n) is 5.13. The number of anilines is 1. The summed E-state index contributed by atoms with van der Waals surface area (Å²) in [4.78, 5) is 11.9. The second kappa shape index (κ2) is 7.97. The van der Waals surface area contributed by atoms with Gasteiger partial charge in [-0.3, -0.25) is 4.79 Å². The van der Waals surface area contributed by atoms with E-state index in [4.69, 9.17) is 16.3 Å². The first-order valence-corrected chi connectivity index (χ1v) is 7.47. The molecule has 0 unspecified atom stereocenters. The van der Waals surface area contributed by atoms with Gasteiger partial charge in [-0.25, -0.2) is 0 Å². The number of alkyl halides is 2. The molecule has 2 aromatic rings. The summed E-state index contributed by atoms with van der Waals surface area (Å²) in [5.41, 5.74) is 2.39. The van der Waals surface area contributed by atoms with E-state index in [1.165, 1.54) is 18.2 Å². The summed E-state index contributed by atoms with van der Waals surface area (Å²) in [5, 5.41) is 2.55. The Balaban J connectivity index is 1.93. The number of rotatable bonds is 6. The van der Waals surface area contributed by atoms with Gasteiger partial charge >= 0.3 is 6.61 Å². The molecule has 2 aromatic carbocycles. The van der Waals surface area contributed by atoms with Crippen LogP contribution in [0.2, 0.25) is 5.02 Å². The van der Waals surface area contributed by atoms with Crippen molar-refractivity contribution in [3.8, 4) is 11.5 Å². The molecule has 0 aliphatic heterocycles. The molecular formula is C17H16ClF2NO3. The molecular weight excluding hydrogens is 340 g/mol. The number of hydrogen-bond acceptors (Lipinski definition) is 3. The Morgan fingerprint density at radius 2 is 1.88 bits per heavy atom. The third-order valence-electron chi connectivity index (χ3n) is 3.12. The summed E-state index contributed by atoms with van der Waals surface area (Å²) in [6.45, 7) is 0.710. The molecule has 0 saturated heterocycles. The third kappa shape index (κ3) is 5.09. The Kier molecular flexibility index (Phi) is 5.98. The van der Waals surface area contributed by atoms with Crippen LogP contribution < -0.4 is 14.8 Å². The first kappa shape index (κ1) is 18.0. The van der Waals surface area contributed by atoms with Crippen LogP contribution in [0.5, 0.6) is 11.5 Å². The van der Waals surface area contributed by atoms with Crippen LogP contribution in [0.1, 0.15) is 11.1 Å². The minimum Gasteiger partial charge on any atom is -0.483 e. The second-order valence-corrected chi connectivity index (χ2v) is 5.54. The van der Waals surface area contributed by atoms with Crippen molar-refractivity contribution in [1.82, 2.24) is 0 Å². The van der Waals surface area contributed by atoms with Crippen LogP contribution in [0, 0.1) is 13.8 Å². The SMILES string of the molecule is Cc1ccc(OCC(=O)Nc2ccc(OC(F)F)c(Cl)c2)c(C)c1. The molecule has 128 valence electrons. The largest absolute Gasteiger partial charge is 0.483 e. The van der Waals surface area contributed by atoms with Gasteiger partial charge in [0.2, 0.25) is 0 Å². The number of benzene rings is 2. The molecule has 1 N–H and O–H groups in total. The van der Waals surface area contributed by atoms with Crippen LogP contribution >= 0.6 is 11.6 Å². The number of halogens is 3. The maximum atomic E-state index is 12.2. The molecule has 0 atom stereocenters. The fourth-order valence-electron chi connectivity index (χ4n) is 2.07. The van der Waals surface area contributed by atoms with E-state index in [1.54, 1.807) is 6.07 Å². The predicted octanol–water partition coefficient (Wildman–Crippen LogP) is 4.58. The Hall–Kier alpha value is -2.34. The third-order valence-corrected chi connectivity index (χ3v) is 3.42. The average Bonchev–Trinajstić information content (AvgIpc) is 2.49. The van der Waals surface area contributed by atoms with Crippen molar-refractivity contribution >= 4 is 23.2 Å². The molecule has 0 aromatic heterocycles. The van der Waals surface area contributed by atoms with E-state index in [1.807, 2.05) is 26.0 Å². The van der Waals surface area contributed by atoms with E-state index < -0.39 is 12.5 Å². The zero-order chi connectivity index (χ0) is 17.7. The van der Waals surface area contributed by atoms with E-state index in [0.29, 0.717) is 11.4 Å². The van der Waals surface area contributed by atoms with Crippen molar-refractivity contribution in [2.75, 3.05) is 11.9 Å². The quantitative estimate of drug-likeness (QED) is 0.825. The number of amides is 1. The molecule has 0 fully saturated rings. The predicted molar refractivity (Wildman–Crippen MR) is 88.1 cm³/mol. The lowest BCUT2D eigenvalue weighted by Crippen LogP contribution is -2.20. The van der Waals surface area contributed by atoms with Gasteiger partial charge in [-0.05, 0) is 43.7 Å². The summed E-state index contributed by atoms with van der Waals surface area (Å²) < 4.78 is 34.0. The van der Waals surface area contributed by atoms with E-state index in [2.05, 4.69) is 10.1 Å². The Morgan fingerprint density at radius 3 is 2.50 bits per heavy atom. The average molecular weight is 356 g/mol. The van der Waals surface area contributed by atoms with E-state index in [-0.39, 0.29) is 17.4 Å². The summed E-state index contributed by atoms with van der Waals surface area (Å²) in [5.74, 6) is 0.0687. The highest BCUT2D eigenvalue weighted by Crippen LogP contribution is 2.29. The molecule has 0 saturated carbocycles. The van der Waals surface area contributed by atoms with Gasteiger partial charge in [0.15, 0.2) is 6.61 Å². The van der Waals surface area contributed by atoms with Crippen molar-refractivity contribution in [1.29, 1.82) is 0 Å². The topological polar surface area (TPSA) is 47.6 Å². The fourth-order valence-corrected chi connectivity index (χ4v) is 2.30. The molecule has 2 rings (SSSR count). The molecule has 0 spiro atoms. The molecule has 0 bridgehead atoms. The zero-order valence-electron chi connectivity index (χ0n) is 13.1. The maximum Gasteiger partial charge on any atom is 0.387 e. The standard InChI is InChI=1S/C17H16ClF2NO3/c1-10-3-5-14(11(2)7-10)23-9-16(22)21-12-4-6-15(13(18)8-12)24-17(19)20/h3-8,17H,9H2,1-2H3,(H,21,22). The number of hydrogen-bond donors (Lipinski definition) is 1. The molecule has 0 radical (unpaired) electrons. The number of aryl methyl sites for hydroxylation is 2. The lowest BCUT2D eigenvalue weighted by Gasteiger charge is -2.11. The Bertz CT molecular complexity index is 738. The Labute approximate surface area is 143 Å². The van der Waals surface area contributed by atoms with Crippen LogP contribution in [0.3, 0.4) is 0 Å². The molecule has 0 heterocycles. The number of carbonyl (C=O) groups is 1. The van der Waals surface area contributed by atoms with Crippen molar-refractivity contribution < 1.29 is 23.0 Å². The van der Waals surface area contributed by atoms with Gasteiger partial charge < -0.3 is 14.8 Å². The fraction of sp³-hybridized carbons (Fsp3) is 0.235. The lowest BCUT2D eigenvalue weighted by atomic mass is 10.1. The lowest BCUT2D eigenvalue weighted by molar-refractivity contribution is -0.118. The van der Waals surface area contributed by atoms with Crippen molar-refractivity contribution in [3.63, 3.8) is 0 Å². The highest BCUT2D eigenvalue weighted by molar-refractivity contribution is 6.32. The monoisotopic (exact) mass is 355 g/mol. The van der Waals surface area contributed by atoms with Gasteiger partial charge in [0, 0.05) is 5.69 Å². The highest BCUT2D eigenvalue weighted by Gasteiger charge is 2.11. The van der Waals surface area contributed by atoms with E-state index in [9.17, 15) is 13.6 Å². The highest BCUT2D eigenvalue weighted by atomic mass is 35.5. The van der Waals surface area contributed by atoms with Gasteiger partial charge in [0.1, 0.15) is 11.5 Å². The van der Waals surface area contributed by atoms with Gasteiger partial charge in [-0.15, -0.1) is 0 Å². The Morgan fingerprint density at radius 1 is 1.17 bits per heavy atom. The van der Waals surface area contributed by atoms with Gasteiger partial charge in [-0.1, -0.05) is 29.3 Å². The van der Waals surface area contributed by atoms with Crippen LogP contribution in [0.25, 0.3) is 0 Å². The normalized spacial score (nSPS) is 10.6. The van der Waals surface area contributed by atoms with Gasteiger partial charge in [0.05, 0.1) is 5.02 Å². The maximum absolute atomic E-state index is 12.2. The summed E-state index contributed by atoms with van der Waals surface area (Å²) in [6, 6.07) is 9.64. The minimum absolute atomic E-state index is 0.0246. The first-order chi connectivity index (χ1) is 11.3. The smallest absolute Gasteiger partial charge is 0.387 e. The van der Waals surface area contributed by atoms with Gasteiger partial charge in [-0.2, -0.15) is 8.78 Å². The molecule has 0 aliphatic rings. The summed E-state index contributed by atoms with van der Waals surface area (Å²) in [7, 11) is 0. The summed E-state index contributed by atoms with van der Waals surface area (Å²) >= 11 is 5.82. The molecule has 1 amide bonds. The first-order valence-electron chi connectivity index (χ1n) is 7.09. The van der Waals surface area contributed by atoms with Crippen molar-refractivity contribution in [2.45, 2.75) is 20.5 Å². The molecule has 24 heavy (non-hydrogen) atoms. The molecule has 4 nitrogen and oxygen atoms in total. The molecule has 7 heteroatoms. The van der Waals surface area contributed by atoms with Crippen LogP contribution in [-0.2, 0) is 4.79 Å². The zero-order valence-corrected chi connectivity index (χ0v) is 13.9.